The number of rotatable bonds is 5. The van der Waals surface area contributed by atoms with Crippen molar-refractivity contribution in [1.29, 1.82) is 0 Å². The van der Waals surface area contributed by atoms with Crippen LogP contribution in [0, 0.1) is 0 Å². The summed E-state index contributed by atoms with van der Waals surface area (Å²) in [5.74, 6) is 0. The molecule has 0 saturated carbocycles. The lowest BCUT2D eigenvalue weighted by Gasteiger charge is -2.16. The van der Waals surface area contributed by atoms with E-state index < -0.39 is 0 Å². The van der Waals surface area contributed by atoms with Crippen molar-refractivity contribution in [1.82, 2.24) is 5.32 Å². The molecule has 0 spiro atoms. The molecule has 0 saturated heterocycles. The van der Waals surface area contributed by atoms with Crippen LogP contribution in [0.2, 0.25) is 0 Å². The molecule has 0 aliphatic carbocycles. The Morgan fingerprint density at radius 2 is 2.29 bits per heavy atom. The molecule has 78 valence electrons. The second-order valence-corrected chi connectivity index (χ2v) is 4.18. The zero-order valence-corrected chi connectivity index (χ0v) is 9.92. The van der Waals surface area contributed by atoms with E-state index in [1.807, 2.05) is 19.2 Å². The largest absolute Gasteiger partial charge is 0.396 e. The number of hydrogen-bond acceptors (Lipinski definition) is 2. The molecule has 0 aliphatic heterocycles. The Bertz CT molecular complexity index is 278. The van der Waals surface area contributed by atoms with Crippen molar-refractivity contribution in [3.63, 3.8) is 0 Å². The van der Waals surface area contributed by atoms with Crippen LogP contribution in [0.4, 0.5) is 0 Å². The van der Waals surface area contributed by atoms with Gasteiger partial charge in [0, 0.05) is 17.1 Å². The van der Waals surface area contributed by atoms with Crippen LogP contribution < -0.4 is 5.32 Å². The first-order chi connectivity index (χ1) is 6.77. The Kier molecular flexibility index (Phi) is 5.15. The molecular weight excluding hydrogens is 242 g/mol. The van der Waals surface area contributed by atoms with E-state index in [2.05, 4.69) is 33.4 Å². The van der Waals surface area contributed by atoms with Crippen LogP contribution >= 0.6 is 15.9 Å². The van der Waals surface area contributed by atoms with Crippen molar-refractivity contribution in [3.8, 4) is 0 Å². The Balaban J connectivity index is 2.68. The summed E-state index contributed by atoms with van der Waals surface area (Å²) in [6.07, 6.45) is 1.79. The maximum Gasteiger partial charge on any atom is 0.0431 e. The van der Waals surface area contributed by atoms with Crippen molar-refractivity contribution in [3.05, 3.63) is 34.3 Å². The Labute approximate surface area is 93.5 Å². The van der Waals surface area contributed by atoms with Gasteiger partial charge in [-0.3, -0.25) is 0 Å². The van der Waals surface area contributed by atoms with Crippen LogP contribution in [0.5, 0.6) is 0 Å². The van der Waals surface area contributed by atoms with Crippen LogP contribution in [0.25, 0.3) is 0 Å². The predicted octanol–water partition coefficient (Wildman–Crippen LogP) is 2.48. The van der Waals surface area contributed by atoms with E-state index in [1.54, 1.807) is 0 Å². The van der Waals surface area contributed by atoms with Crippen molar-refractivity contribution in [2.75, 3.05) is 13.7 Å². The summed E-state index contributed by atoms with van der Waals surface area (Å²) in [5.41, 5.74) is 1.26. The van der Waals surface area contributed by atoms with Gasteiger partial charge in [-0.05, 0) is 37.6 Å². The highest BCUT2D eigenvalue weighted by atomic mass is 79.9. The first-order valence-corrected chi connectivity index (χ1v) is 5.61. The van der Waals surface area contributed by atoms with Crippen LogP contribution in [-0.4, -0.2) is 18.8 Å². The van der Waals surface area contributed by atoms with Crippen LogP contribution in [0.3, 0.4) is 0 Å². The fraction of sp³-hybridized carbons (Fsp3) is 0.455. The molecule has 1 unspecified atom stereocenters. The maximum atomic E-state index is 8.78. The highest BCUT2D eigenvalue weighted by Gasteiger charge is 2.08. The molecule has 14 heavy (non-hydrogen) atoms. The number of benzene rings is 1. The Hall–Kier alpha value is -0.380. The molecular formula is C11H16BrNO. The van der Waals surface area contributed by atoms with Gasteiger partial charge in [-0.2, -0.15) is 0 Å². The van der Waals surface area contributed by atoms with Crippen molar-refractivity contribution < 1.29 is 5.11 Å². The van der Waals surface area contributed by atoms with Gasteiger partial charge >= 0.3 is 0 Å². The topological polar surface area (TPSA) is 32.3 Å². The quantitative estimate of drug-likeness (QED) is 0.850. The predicted molar refractivity (Wildman–Crippen MR) is 62.3 cm³/mol. The fourth-order valence-corrected chi connectivity index (χ4v) is 1.91. The third-order valence-electron chi connectivity index (χ3n) is 2.25. The van der Waals surface area contributed by atoms with E-state index in [0.717, 1.165) is 17.3 Å². The second-order valence-electron chi connectivity index (χ2n) is 3.26. The van der Waals surface area contributed by atoms with E-state index in [0.29, 0.717) is 6.04 Å². The van der Waals surface area contributed by atoms with Gasteiger partial charge in [0.1, 0.15) is 0 Å². The summed E-state index contributed by atoms with van der Waals surface area (Å²) >= 11 is 3.45. The molecule has 2 N–H and O–H groups in total. The molecule has 0 amide bonds. The van der Waals surface area contributed by atoms with Gasteiger partial charge in [0.25, 0.3) is 0 Å². The molecule has 0 aromatic heterocycles. The summed E-state index contributed by atoms with van der Waals surface area (Å²) in [4.78, 5) is 0. The summed E-state index contributed by atoms with van der Waals surface area (Å²) < 4.78 is 1.10. The average molecular weight is 258 g/mol. The molecule has 0 fully saturated rings. The van der Waals surface area contributed by atoms with Gasteiger partial charge < -0.3 is 10.4 Å². The summed E-state index contributed by atoms with van der Waals surface area (Å²) in [6, 6.07) is 8.59. The zero-order chi connectivity index (χ0) is 10.4. The summed E-state index contributed by atoms with van der Waals surface area (Å²) in [6.45, 7) is 0.256. The van der Waals surface area contributed by atoms with Crippen molar-refractivity contribution >= 4 is 15.9 Å². The van der Waals surface area contributed by atoms with Crippen LogP contribution in [-0.2, 0) is 0 Å². The summed E-state index contributed by atoms with van der Waals surface area (Å²) in [5, 5.41) is 12.0. The lowest BCUT2D eigenvalue weighted by molar-refractivity contribution is 0.276. The van der Waals surface area contributed by atoms with E-state index in [9.17, 15) is 0 Å². The lowest BCUT2D eigenvalue weighted by atomic mass is 10.0. The Morgan fingerprint density at radius 3 is 2.86 bits per heavy atom. The first-order valence-electron chi connectivity index (χ1n) is 4.81. The molecule has 1 atom stereocenters. The van der Waals surface area contributed by atoms with Gasteiger partial charge in [0.2, 0.25) is 0 Å². The van der Waals surface area contributed by atoms with E-state index in [1.165, 1.54) is 5.56 Å². The second kappa shape index (κ2) is 6.17. The number of aliphatic hydroxyl groups is 1. The molecule has 1 rings (SSSR count). The van der Waals surface area contributed by atoms with E-state index >= 15 is 0 Å². The van der Waals surface area contributed by atoms with Gasteiger partial charge in [0.05, 0.1) is 0 Å². The minimum atomic E-state index is 0.256. The standard InChI is InChI=1S/C11H16BrNO/c1-13-11(6-3-7-14)9-4-2-5-10(12)8-9/h2,4-5,8,11,13-14H,3,6-7H2,1H3. The molecule has 0 heterocycles. The van der Waals surface area contributed by atoms with Crippen molar-refractivity contribution in [2.24, 2.45) is 0 Å². The minimum absolute atomic E-state index is 0.256. The monoisotopic (exact) mass is 257 g/mol. The molecule has 0 bridgehead atoms. The third-order valence-corrected chi connectivity index (χ3v) is 2.74. The fourth-order valence-electron chi connectivity index (χ4n) is 1.50. The summed E-state index contributed by atoms with van der Waals surface area (Å²) in [7, 11) is 1.95. The number of hydrogen-bond donors (Lipinski definition) is 2. The molecule has 0 radical (unpaired) electrons. The first kappa shape index (κ1) is 11.7. The number of halogens is 1. The lowest BCUT2D eigenvalue weighted by Crippen LogP contribution is -2.16. The number of nitrogens with one attached hydrogen (secondary N) is 1. The zero-order valence-electron chi connectivity index (χ0n) is 8.33. The highest BCUT2D eigenvalue weighted by molar-refractivity contribution is 9.10. The normalized spacial score (nSPS) is 12.8. The van der Waals surface area contributed by atoms with Gasteiger partial charge in [0.15, 0.2) is 0 Å². The number of aliphatic hydroxyl groups excluding tert-OH is 1. The van der Waals surface area contributed by atoms with Gasteiger partial charge in [-0.15, -0.1) is 0 Å². The van der Waals surface area contributed by atoms with Crippen molar-refractivity contribution in [2.45, 2.75) is 18.9 Å². The average Bonchev–Trinajstić information content (AvgIpc) is 2.19. The van der Waals surface area contributed by atoms with E-state index in [-0.39, 0.29) is 6.61 Å². The molecule has 1 aromatic carbocycles. The smallest absolute Gasteiger partial charge is 0.0431 e. The SMILES string of the molecule is CNC(CCCO)c1cccc(Br)c1. The van der Waals surface area contributed by atoms with E-state index in [4.69, 9.17) is 5.11 Å². The highest BCUT2D eigenvalue weighted by Crippen LogP contribution is 2.21. The molecule has 3 heteroatoms. The van der Waals surface area contributed by atoms with Crippen LogP contribution in [0.1, 0.15) is 24.4 Å². The minimum Gasteiger partial charge on any atom is -0.396 e. The van der Waals surface area contributed by atoms with Gasteiger partial charge in [-0.1, -0.05) is 28.1 Å². The van der Waals surface area contributed by atoms with Gasteiger partial charge in [-0.25, -0.2) is 0 Å². The third kappa shape index (κ3) is 3.40. The van der Waals surface area contributed by atoms with Crippen LogP contribution in [0.15, 0.2) is 28.7 Å². The maximum absolute atomic E-state index is 8.78. The molecule has 2 nitrogen and oxygen atoms in total. The Morgan fingerprint density at radius 1 is 1.50 bits per heavy atom. The molecule has 1 aromatic rings. The molecule has 0 aliphatic rings.